The first-order valence-electron chi connectivity index (χ1n) is 11.6. The first-order chi connectivity index (χ1) is 17.5. The molecule has 186 valence electrons. The van der Waals surface area contributed by atoms with Gasteiger partial charge in [0, 0.05) is 19.0 Å². The number of hydrogen-bond acceptors (Lipinski definition) is 6. The minimum absolute atomic E-state index is 0.104. The summed E-state index contributed by atoms with van der Waals surface area (Å²) >= 11 is 0. The van der Waals surface area contributed by atoms with Gasteiger partial charge in [-0.1, -0.05) is 42.5 Å². The lowest BCUT2D eigenvalue weighted by Gasteiger charge is -2.20. The number of nitrogens with one attached hydrogen (secondary N) is 1. The van der Waals surface area contributed by atoms with E-state index in [0.717, 1.165) is 16.9 Å². The number of aryl methyl sites for hydroxylation is 1. The lowest BCUT2D eigenvalue weighted by atomic mass is 9.98. The maximum atomic E-state index is 13.0. The molecule has 1 unspecified atom stereocenters. The minimum Gasteiger partial charge on any atom is -0.497 e. The number of nitrogens with zero attached hydrogens (tertiary/aromatic N) is 2. The summed E-state index contributed by atoms with van der Waals surface area (Å²) in [5.74, 6) is 1.62. The molecule has 4 rings (SSSR count). The highest BCUT2D eigenvalue weighted by atomic mass is 16.5. The van der Waals surface area contributed by atoms with Crippen molar-refractivity contribution in [2.24, 2.45) is 0 Å². The topological polar surface area (TPSA) is 91.7 Å². The van der Waals surface area contributed by atoms with Gasteiger partial charge in [-0.2, -0.15) is 0 Å². The average molecular weight is 488 g/mol. The van der Waals surface area contributed by atoms with Crippen molar-refractivity contribution in [3.05, 3.63) is 94.5 Å². The van der Waals surface area contributed by atoms with E-state index in [1.165, 1.54) is 25.1 Å². The molecule has 0 fully saturated rings. The second kappa shape index (κ2) is 11.4. The van der Waals surface area contributed by atoms with Gasteiger partial charge in [-0.15, -0.1) is 0 Å². The number of fused-ring (bicyclic) bond motifs is 1. The summed E-state index contributed by atoms with van der Waals surface area (Å²) in [6, 6.07) is 20.5. The van der Waals surface area contributed by atoms with Gasteiger partial charge in [-0.3, -0.25) is 14.2 Å². The number of methoxy groups -OCH3 is 3. The number of aromatic nitrogens is 2. The number of amides is 1. The number of carbonyl (C=O) groups is 1. The number of carbonyl (C=O) groups excluding carboxylic acids is 1. The molecule has 8 heteroatoms. The molecule has 0 saturated heterocycles. The standard InChI is InChI=1S/C28H29N3O5/c1-34-21-13-11-20(12-14-21)27(19-8-5-4-6-9-19)30-26(32)10-7-15-31-18-29-23-17-25(36-3)24(35-2)16-22(23)28(31)33/h4-6,8-9,11-14,16-18,27H,7,10,15H2,1-3H3,(H,30,32). The van der Waals surface area contributed by atoms with Crippen LogP contribution in [-0.2, 0) is 11.3 Å². The van der Waals surface area contributed by atoms with Crippen LogP contribution in [0, 0.1) is 0 Å². The van der Waals surface area contributed by atoms with Crippen LogP contribution < -0.4 is 25.1 Å². The van der Waals surface area contributed by atoms with Crippen molar-refractivity contribution in [2.45, 2.75) is 25.4 Å². The van der Waals surface area contributed by atoms with Crippen molar-refractivity contribution in [1.82, 2.24) is 14.9 Å². The Kier molecular flexibility index (Phi) is 7.85. The Morgan fingerprint density at radius 2 is 1.58 bits per heavy atom. The second-order valence-corrected chi connectivity index (χ2v) is 8.26. The lowest BCUT2D eigenvalue weighted by Crippen LogP contribution is -2.29. The summed E-state index contributed by atoms with van der Waals surface area (Å²) in [5, 5.41) is 3.57. The molecule has 0 bridgehead atoms. The molecule has 0 aliphatic heterocycles. The third kappa shape index (κ3) is 5.49. The Balaban J connectivity index is 1.45. The molecule has 4 aromatic rings. The summed E-state index contributed by atoms with van der Waals surface area (Å²) in [7, 11) is 4.67. The molecule has 0 aliphatic rings. The molecule has 8 nitrogen and oxygen atoms in total. The predicted molar refractivity (Wildman–Crippen MR) is 138 cm³/mol. The Morgan fingerprint density at radius 1 is 0.917 bits per heavy atom. The molecule has 0 spiro atoms. The van der Waals surface area contributed by atoms with Gasteiger partial charge in [0.25, 0.3) is 5.56 Å². The summed E-state index contributed by atoms with van der Waals surface area (Å²) in [6.45, 7) is 0.363. The summed E-state index contributed by atoms with van der Waals surface area (Å²) in [4.78, 5) is 30.3. The van der Waals surface area contributed by atoms with Crippen LogP contribution in [-0.4, -0.2) is 36.8 Å². The molecule has 1 amide bonds. The van der Waals surface area contributed by atoms with Gasteiger partial charge in [0.1, 0.15) is 5.75 Å². The SMILES string of the molecule is COc1ccc(C(NC(=O)CCCn2cnc3cc(OC)c(OC)cc3c2=O)c2ccccc2)cc1. The van der Waals surface area contributed by atoms with Crippen molar-refractivity contribution in [2.75, 3.05) is 21.3 Å². The van der Waals surface area contributed by atoms with Gasteiger partial charge < -0.3 is 19.5 Å². The third-order valence-corrected chi connectivity index (χ3v) is 6.02. The smallest absolute Gasteiger partial charge is 0.261 e. The van der Waals surface area contributed by atoms with Gasteiger partial charge >= 0.3 is 0 Å². The molecule has 3 aromatic carbocycles. The molecule has 0 radical (unpaired) electrons. The van der Waals surface area contributed by atoms with E-state index in [1.54, 1.807) is 19.2 Å². The number of benzene rings is 3. The highest BCUT2D eigenvalue weighted by Crippen LogP contribution is 2.30. The summed E-state index contributed by atoms with van der Waals surface area (Å²) < 4.78 is 17.4. The monoisotopic (exact) mass is 487 g/mol. The van der Waals surface area contributed by atoms with Crippen LogP contribution in [0.1, 0.15) is 30.0 Å². The Bertz CT molecular complexity index is 1380. The van der Waals surface area contributed by atoms with E-state index < -0.39 is 0 Å². The van der Waals surface area contributed by atoms with E-state index in [1.807, 2.05) is 54.6 Å². The third-order valence-electron chi connectivity index (χ3n) is 6.02. The van der Waals surface area contributed by atoms with Gasteiger partial charge in [0.15, 0.2) is 11.5 Å². The largest absolute Gasteiger partial charge is 0.497 e. The highest BCUT2D eigenvalue weighted by molar-refractivity contribution is 5.81. The number of rotatable bonds is 10. The van der Waals surface area contributed by atoms with Crippen LogP contribution >= 0.6 is 0 Å². The fourth-order valence-electron chi connectivity index (χ4n) is 4.09. The van der Waals surface area contributed by atoms with E-state index in [4.69, 9.17) is 14.2 Å². The van der Waals surface area contributed by atoms with Crippen molar-refractivity contribution >= 4 is 16.8 Å². The maximum absolute atomic E-state index is 13.0. The van der Waals surface area contributed by atoms with Gasteiger partial charge in [0.2, 0.25) is 5.91 Å². The maximum Gasteiger partial charge on any atom is 0.261 e. The molecule has 1 atom stereocenters. The van der Waals surface area contributed by atoms with E-state index in [2.05, 4.69) is 10.3 Å². The zero-order valence-corrected chi connectivity index (χ0v) is 20.6. The Labute approximate surface area is 209 Å². The molecular weight excluding hydrogens is 458 g/mol. The summed E-state index contributed by atoms with van der Waals surface area (Å²) in [5.41, 5.74) is 2.27. The average Bonchev–Trinajstić information content (AvgIpc) is 2.93. The van der Waals surface area contributed by atoms with E-state index in [0.29, 0.717) is 35.4 Å². The van der Waals surface area contributed by atoms with Crippen LogP contribution in [0.25, 0.3) is 10.9 Å². The summed E-state index contributed by atoms with van der Waals surface area (Å²) in [6.07, 6.45) is 2.24. The van der Waals surface area contributed by atoms with Crippen molar-refractivity contribution in [3.8, 4) is 17.2 Å². The van der Waals surface area contributed by atoms with Gasteiger partial charge in [-0.05, 0) is 35.7 Å². The first kappa shape index (κ1) is 24.8. The normalized spacial score (nSPS) is 11.6. The first-order valence-corrected chi connectivity index (χ1v) is 11.6. The molecule has 36 heavy (non-hydrogen) atoms. The number of hydrogen-bond donors (Lipinski definition) is 1. The quantitative estimate of drug-likeness (QED) is 0.362. The predicted octanol–water partition coefficient (Wildman–Crippen LogP) is 4.11. The van der Waals surface area contributed by atoms with Crippen LogP contribution in [0.15, 0.2) is 77.9 Å². The zero-order chi connectivity index (χ0) is 25.5. The lowest BCUT2D eigenvalue weighted by molar-refractivity contribution is -0.121. The van der Waals surface area contributed by atoms with E-state index >= 15 is 0 Å². The van der Waals surface area contributed by atoms with Crippen molar-refractivity contribution in [3.63, 3.8) is 0 Å². The molecule has 1 aromatic heterocycles. The fourth-order valence-corrected chi connectivity index (χ4v) is 4.09. The Morgan fingerprint density at radius 3 is 2.25 bits per heavy atom. The van der Waals surface area contributed by atoms with Crippen LogP contribution in [0.2, 0.25) is 0 Å². The molecule has 0 saturated carbocycles. The fraction of sp³-hybridized carbons (Fsp3) is 0.250. The molecule has 0 aliphatic carbocycles. The molecule has 1 N–H and O–H groups in total. The minimum atomic E-state index is -0.294. The highest BCUT2D eigenvalue weighted by Gasteiger charge is 2.17. The Hall–Kier alpha value is -4.33. The van der Waals surface area contributed by atoms with E-state index in [-0.39, 0.29) is 23.9 Å². The van der Waals surface area contributed by atoms with Crippen LogP contribution in [0.5, 0.6) is 17.2 Å². The molecular formula is C28H29N3O5. The van der Waals surface area contributed by atoms with Gasteiger partial charge in [-0.25, -0.2) is 4.98 Å². The van der Waals surface area contributed by atoms with Gasteiger partial charge in [0.05, 0.1) is 44.6 Å². The van der Waals surface area contributed by atoms with Crippen molar-refractivity contribution in [1.29, 1.82) is 0 Å². The van der Waals surface area contributed by atoms with E-state index in [9.17, 15) is 9.59 Å². The molecule has 1 heterocycles. The number of ether oxygens (including phenoxy) is 3. The van der Waals surface area contributed by atoms with Crippen LogP contribution in [0.4, 0.5) is 0 Å². The second-order valence-electron chi connectivity index (χ2n) is 8.26. The zero-order valence-electron chi connectivity index (χ0n) is 20.6. The van der Waals surface area contributed by atoms with Crippen LogP contribution in [0.3, 0.4) is 0 Å². The van der Waals surface area contributed by atoms with Crippen molar-refractivity contribution < 1.29 is 19.0 Å².